The summed E-state index contributed by atoms with van der Waals surface area (Å²) in [5.74, 6) is -0.382. The molecule has 0 unspecified atom stereocenters. The van der Waals surface area contributed by atoms with E-state index in [9.17, 15) is 9.59 Å². The smallest absolute Gasteiger partial charge is 0.197 e. The van der Waals surface area contributed by atoms with Crippen LogP contribution in [0.3, 0.4) is 0 Å². The van der Waals surface area contributed by atoms with E-state index in [0.717, 1.165) is 21.9 Å². The molecule has 2 aliphatic rings. The Morgan fingerprint density at radius 1 is 0.825 bits per heavy atom. The van der Waals surface area contributed by atoms with Gasteiger partial charge < -0.3 is 4.90 Å². The number of fused-ring (bicyclic) bond motifs is 4. The van der Waals surface area contributed by atoms with Crippen LogP contribution in [-0.4, -0.2) is 11.6 Å². The summed E-state index contributed by atoms with van der Waals surface area (Å²) in [6, 6.07) is 26.1. The number of hydrogen-bond acceptors (Lipinski definition) is 4. The second-order valence-electron chi connectivity index (χ2n) is 10.5. The summed E-state index contributed by atoms with van der Waals surface area (Å²) in [5, 5.41) is 0. The topological polar surface area (TPSA) is 37.4 Å². The van der Waals surface area contributed by atoms with Gasteiger partial charge in [-0.3, -0.25) is 9.59 Å². The molecule has 196 valence electrons. The van der Waals surface area contributed by atoms with Crippen molar-refractivity contribution >= 4 is 40.4 Å². The Bertz CT molecular complexity index is 1750. The van der Waals surface area contributed by atoms with Crippen LogP contribution in [0.15, 0.2) is 121 Å². The minimum atomic E-state index is -0.246. The van der Waals surface area contributed by atoms with Gasteiger partial charge in [-0.25, -0.2) is 0 Å². The standard InChI is InChI=1S/C36H29NO2S/c1-5-7-13-23(6-2)37(24-14-9-8-10-15-24)25-18-19-29-31(20-25)36(3,4)32-22-26(40-35(29)32)21-30-33(38)27-16-11-12-17-28(27)34(30)39/h5-22H,2H2,1,3-4H3/b7-5-,23-13+. The molecule has 0 saturated carbocycles. The van der Waals surface area contributed by atoms with Crippen LogP contribution < -0.4 is 4.90 Å². The van der Waals surface area contributed by atoms with Crippen LogP contribution in [0.4, 0.5) is 11.4 Å². The lowest BCUT2D eigenvalue weighted by Gasteiger charge is -2.28. The maximum Gasteiger partial charge on any atom is 0.197 e. The van der Waals surface area contributed by atoms with Crippen molar-refractivity contribution < 1.29 is 9.59 Å². The Hall–Kier alpha value is -4.54. The van der Waals surface area contributed by atoms with Crippen molar-refractivity contribution in [1.29, 1.82) is 0 Å². The summed E-state index contributed by atoms with van der Waals surface area (Å²) >= 11 is 1.64. The largest absolute Gasteiger partial charge is 0.311 e. The van der Waals surface area contributed by atoms with Crippen LogP contribution in [0, 0.1) is 0 Å². The number of rotatable bonds is 6. The number of allylic oxidation sites excluding steroid dienone is 5. The minimum Gasteiger partial charge on any atom is -0.311 e. The van der Waals surface area contributed by atoms with E-state index in [2.05, 4.69) is 67.8 Å². The van der Waals surface area contributed by atoms with E-state index >= 15 is 0 Å². The van der Waals surface area contributed by atoms with Crippen LogP contribution in [0.5, 0.6) is 0 Å². The quantitative estimate of drug-likeness (QED) is 0.139. The van der Waals surface area contributed by atoms with E-state index in [0.29, 0.717) is 11.1 Å². The summed E-state index contributed by atoms with van der Waals surface area (Å²) in [7, 11) is 0. The highest BCUT2D eigenvalue weighted by Gasteiger charge is 2.39. The Balaban J connectivity index is 1.42. The molecule has 0 atom stereocenters. The molecule has 3 nitrogen and oxygen atoms in total. The van der Waals surface area contributed by atoms with E-state index in [1.807, 2.05) is 43.4 Å². The molecule has 2 aliphatic carbocycles. The lowest BCUT2D eigenvalue weighted by atomic mass is 9.82. The lowest BCUT2D eigenvalue weighted by molar-refractivity contribution is 0.0990. The normalized spacial score (nSPS) is 15.3. The number of anilines is 2. The minimum absolute atomic E-state index is 0.191. The number of carbonyl (C=O) groups is 2. The third-order valence-corrected chi connectivity index (χ3v) is 8.85. The number of Topliss-reactive ketones (excluding diaryl/α,β-unsaturated/α-hetero) is 2. The van der Waals surface area contributed by atoms with Crippen molar-refractivity contribution in [2.75, 3.05) is 4.90 Å². The maximum atomic E-state index is 13.0. The first-order chi connectivity index (χ1) is 19.3. The monoisotopic (exact) mass is 539 g/mol. The summed E-state index contributed by atoms with van der Waals surface area (Å²) in [5.41, 5.74) is 7.75. The molecule has 0 radical (unpaired) electrons. The molecule has 3 aromatic carbocycles. The number of nitrogens with zero attached hydrogens (tertiary/aromatic N) is 1. The zero-order chi connectivity index (χ0) is 28.0. The number of thiophene rings is 1. The van der Waals surface area contributed by atoms with E-state index in [4.69, 9.17) is 0 Å². The molecule has 6 rings (SSSR count). The van der Waals surface area contributed by atoms with Gasteiger partial charge in [0.05, 0.1) is 5.57 Å². The van der Waals surface area contributed by atoms with Gasteiger partial charge in [-0.2, -0.15) is 0 Å². The van der Waals surface area contributed by atoms with Gasteiger partial charge >= 0.3 is 0 Å². The fraction of sp³-hybridized carbons (Fsp3) is 0.111. The molecule has 0 amide bonds. The van der Waals surface area contributed by atoms with Crippen molar-refractivity contribution in [1.82, 2.24) is 0 Å². The van der Waals surface area contributed by atoms with Crippen molar-refractivity contribution in [2.45, 2.75) is 26.2 Å². The fourth-order valence-electron chi connectivity index (χ4n) is 5.68. The van der Waals surface area contributed by atoms with Crippen LogP contribution >= 0.6 is 11.3 Å². The SMILES string of the molecule is C=C/C(=C\C=C/C)N(c1ccccc1)c1ccc2c(c1)C(C)(C)c1cc(C=C3C(=O)c4ccccc4C3=O)sc1-2. The number of ketones is 2. The van der Waals surface area contributed by atoms with Crippen LogP contribution in [0.25, 0.3) is 16.5 Å². The molecule has 0 fully saturated rings. The number of para-hydroxylation sites is 1. The fourth-order valence-corrected chi connectivity index (χ4v) is 6.98. The summed E-state index contributed by atoms with van der Waals surface area (Å²) in [4.78, 5) is 30.3. The van der Waals surface area contributed by atoms with Gasteiger partial charge in [0.15, 0.2) is 11.6 Å². The van der Waals surface area contributed by atoms with Gasteiger partial charge in [-0.1, -0.05) is 81.1 Å². The molecule has 0 bridgehead atoms. The zero-order valence-electron chi connectivity index (χ0n) is 22.8. The first kappa shape index (κ1) is 25.7. The molecule has 4 aromatic rings. The van der Waals surface area contributed by atoms with Crippen LogP contribution in [-0.2, 0) is 5.41 Å². The lowest BCUT2D eigenvalue weighted by Crippen LogP contribution is -2.18. The Kier molecular flexibility index (Phi) is 6.36. The molecular formula is C36H29NO2S. The number of carbonyl (C=O) groups excluding carboxylic acids is 2. The number of benzene rings is 3. The molecule has 1 aromatic heterocycles. The van der Waals surface area contributed by atoms with Crippen molar-refractivity contribution in [3.05, 3.63) is 148 Å². The maximum absolute atomic E-state index is 13.0. The first-order valence-electron chi connectivity index (χ1n) is 13.3. The van der Waals surface area contributed by atoms with Gasteiger partial charge in [-0.05, 0) is 72.2 Å². The molecular weight excluding hydrogens is 510 g/mol. The van der Waals surface area contributed by atoms with Gasteiger partial charge in [0, 0.05) is 43.4 Å². The van der Waals surface area contributed by atoms with Gasteiger partial charge in [0.2, 0.25) is 0 Å². The van der Waals surface area contributed by atoms with E-state index in [1.165, 1.54) is 21.6 Å². The predicted octanol–water partition coefficient (Wildman–Crippen LogP) is 9.30. The zero-order valence-corrected chi connectivity index (χ0v) is 23.6. The molecule has 1 heterocycles. The number of hydrogen-bond donors (Lipinski definition) is 0. The first-order valence-corrected chi connectivity index (χ1v) is 14.2. The van der Waals surface area contributed by atoms with Crippen molar-refractivity contribution in [3.63, 3.8) is 0 Å². The van der Waals surface area contributed by atoms with Crippen LogP contribution in [0.1, 0.15) is 57.5 Å². The third-order valence-electron chi connectivity index (χ3n) is 7.74. The predicted molar refractivity (Wildman–Crippen MR) is 167 cm³/mol. The van der Waals surface area contributed by atoms with E-state index < -0.39 is 0 Å². The average Bonchev–Trinajstić information content (AvgIpc) is 3.57. The Morgan fingerprint density at radius 2 is 1.50 bits per heavy atom. The van der Waals surface area contributed by atoms with Crippen LogP contribution in [0.2, 0.25) is 0 Å². The molecule has 40 heavy (non-hydrogen) atoms. The molecule has 0 N–H and O–H groups in total. The van der Waals surface area contributed by atoms with Gasteiger partial charge in [0.1, 0.15) is 0 Å². The van der Waals surface area contributed by atoms with E-state index in [1.54, 1.807) is 41.7 Å². The molecule has 4 heteroatoms. The summed E-state index contributed by atoms with van der Waals surface area (Å²) in [6.45, 7) is 10.6. The highest BCUT2D eigenvalue weighted by molar-refractivity contribution is 7.16. The second kappa shape index (κ2) is 9.89. The molecule has 0 aliphatic heterocycles. The van der Waals surface area contributed by atoms with Gasteiger partial charge in [0.25, 0.3) is 0 Å². The average molecular weight is 540 g/mol. The summed E-state index contributed by atoms with van der Waals surface area (Å²) in [6.07, 6.45) is 9.76. The Labute approximate surface area is 239 Å². The summed E-state index contributed by atoms with van der Waals surface area (Å²) < 4.78 is 0. The third kappa shape index (κ3) is 4.04. The van der Waals surface area contributed by atoms with Crippen molar-refractivity contribution in [3.8, 4) is 10.4 Å². The molecule has 0 saturated heterocycles. The molecule has 0 spiro atoms. The van der Waals surface area contributed by atoms with Crippen molar-refractivity contribution in [2.24, 2.45) is 0 Å². The second-order valence-corrected chi connectivity index (χ2v) is 11.6. The van der Waals surface area contributed by atoms with Gasteiger partial charge in [-0.15, -0.1) is 11.3 Å². The van der Waals surface area contributed by atoms with E-state index in [-0.39, 0.29) is 22.6 Å². The Morgan fingerprint density at radius 3 is 2.15 bits per heavy atom. The highest BCUT2D eigenvalue weighted by atomic mass is 32.1. The highest BCUT2D eigenvalue weighted by Crippen LogP contribution is 2.54.